The number of benzene rings is 4. The summed E-state index contributed by atoms with van der Waals surface area (Å²) < 4.78 is 31.6. The fourth-order valence-electron chi connectivity index (χ4n) is 4.22. The summed E-state index contributed by atoms with van der Waals surface area (Å²) in [6.07, 6.45) is 0.00662. The molecule has 4 aromatic carbocycles. The number of carbonyl (C=O) groups is 1. The minimum Gasteiger partial charge on any atom is -0.497 e. The van der Waals surface area contributed by atoms with Gasteiger partial charge in [0.25, 0.3) is 5.91 Å². The van der Waals surface area contributed by atoms with E-state index in [1.165, 1.54) is 14.2 Å². The van der Waals surface area contributed by atoms with E-state index in [-0.39, 0.29) is 18.7 Å². The van der Waals surface area contributed by atoms with E-state index in [1.807, 2.05) is 84.9 Å². The maximum atomic E-state index is 14.9. The molecular formula is C30H29BrNO5P. The zero-order valence-corrected chi connectivity index (χ0v) is 23.9. The summed E-state index contributed by atoms with van der Waals surface area (Å²) in [5, 5.41) is 1.37. The molecule has 8 heteroatoms. The van der Waals surface area contributed by atoms with Crippen LogP contribution in [0, 0.1) is 0 Å². The van der Waals surface area contributed by atoms with Gasteiger partial charge in [-0.25, -0.2) is 0 Å². The summed E-state index contributed by atoms with van der Waals surface area (Å²) in [5.74, 6) is 1.35. The summed E-state index contributed by atoms with van der Waals surface area (Å²) in [7, 11) is 1.42. The molecular weight excluding hydrogens is 565 g/mol. The van der Waals surface area contributed by atoms with Crippen LogP contribution in [0.2, 0.25) is 0 Å². The Bertz CT molecular complexity index is 1390. The van der Waals surface area contributed by atoms with Crippen molar-refractivity contribution in [1.29, 1.82) is 0 Å². The molecule has 0 fully saturated rings. The summed E-state index contributed by atoms with van der Waals surface area (Å²) in [5.41, 5.74) is 1.26. The number of nitrogens with zero attached hydrogens (tertiary/aromatic N) is 1. The Morgan fingerprint density at radius 2 is 1.29 bits per heavy atom. The summed E-state index contributed by atoms with van der Waals surface area (Å²) in [6.45, 7) is 0.243. The molecule has 0 bridgehead atoms. The predicted molar refractivity (Wildman–Crippen MR) is 155 cm³/mol. The fourth-order valence-corrected chi connectivity index (χ4v) is 7.35. The van der Waals surface area contributed by atoms with Crippen molar-refractivity contribution < 1.29 is 23.6 Å². The maximum Gasteiger partial charge on any atom is 0.255 e. The average molecular weight is 594 g/mol. The third-order valence-corrected chi connectivity index (χ3v) is 9.90. The molecule has 0 aromatic heterocycles. The predicted octanol–water partition coefficient (Wildman–Crippen LogP) is 6.09. The van der Waals surface area contributed by atoms with Gasteiger partial charge in [0, 0.05) is 21.6 Å². The molecule has 0 saturated heterocycles. The van der Waals surface area contributed by atoms with Crippen molar-refractivity contribution in [3.8, 4) is 17.2 Å². The van der Waals surface area contributed by atoms with E-state index < -0.39 is 7.14 Å². The maximum absolute atomic E-state index is 14.9. The highest BCUT2D eigenvalue weighted by Gasteiger charge is 2.33. The molecule has 196 valence electrons. The molecule has 1 amide bonds. The Labute approximate surface area is 231 Å². The third kappa shape index (κ3) is 5.95. The normalized spacial score (nSPS) is 11.1. The zero-order valence-electron chi connectivity index (χ0n) is 21.5. The van der Waals surface area contributed by atoms with Gasteiger partial charge in [0.1, 0.15) is 5.75 Å². The zero-order chi connectivity index (χ0) is 27.1. The van der Waals surface area contributed by atoms with Crippen molar-refractivity contribution >= 4 is 39.6 Å². The van der Waals surface area contributed by atoms with Gasteiger partial charge in [-0.15, -0.1) is 0 Å². The second-order valence-electron chi connectivity index (χ2n) is 8.59. The van der Waals surface area contributed by atoms with Gasteiger partial charge in [0.2, 0.25) is 0 Å². The number of hydrogen-bond acceptors (Lipinski definition) is 5. The van der Waals surface area contributed by atoms with Gasteiger partial charge in [-0.2, -0.15) is 0 Å². The Balaban J connectivity index is 1.82. The number of rotatable bonds is 10. The van der Waals surface area contributed by atoms with Gasteiger partial charge in [0.05, 0.1) is 33.2 Å². The van der Waals surface area contributed by atoms with E-state index in [4.69, 9.17) is 14.2 Å². The first-order chi connectivity index (χ1) is 18.4. The second kappa shape index (κ2) is 12.3. The smallest absolute Gasteiger partial charge is 0.255 e. The molecule has 0 aliphatic carbocycles. The van der Waals surface area contributed by atoms with Crippen molar-refractivity contribution in [1.82, 2.24) is 4.90 Å². The largest absolute Gasteiger partial charge is 0.497 e. The lowest BCUT2D eigenvalue weighted by atomic mass is 10.1. The number of halogens is 1. The van der Waals surface area contributed by atoms with Gasteiger partial charge in [-0.1, -0.05) is 72.8 Å². The topological polar surface area (TPSA) is 65.1 Å². The van der Waals surface area contributed by atoms with Crippen LogP contribution in [-0.4, -0.2) is 38.4 Å². The standard InChI is InChI=1S/C30H29BrNO5P/c1-35-23-16-14-22(15-17-23)20-32(30(33)26-18-28(36-2)29(37-3)19-27(26)31)21-38(34,24-10-6-4-7-11-24)25-12-8-5-9-13-25/h4-19H,20-21H2,1-3H3. The number of hydrogen-bond donors (Lipinski definition) is 0. The van der Waals surface area contributed by atoms with Crippen LogP contribution >= 0.6 is 23.1 Å². The van der Waals surface area contributed by atoms with Crippen LogP contribution in [-0.2, 0) is 11.1 Å². The highest BCUT2D eigenvalue weighted by Crippen LogP contribution is 2.45. The van der Waals surface area contributed by atoms with Crippen LogP contribution in [0.4, 0.5) is 0 Å². The monoisotopic (exact) mass is 593 g/mol. The molecule has 0 saturated carbocycles. The van der Waals surface area contributed by atoms with Crippen LogP contribution in [0.25, 0.3) is 0 Å². The number of amides is 1. The van der Waals surface area contributed by atoms with Gasteiger partial charge < -0.3 is 23.7 Å². The van der Waals surface area contributed by atoms with Crippen LogP contribution in [0.3, 0.4) is 0 Å². The molecule has 0 spiro atoms. The molecule has 0 N–H and O–H groups in total. The average Bonchev–Trinajstić information content (AvgIpc) is 2.97. The van der Waals surface area contributed by atoms with E-state index in [0.29, 0.717) is 37.9 Å². The first-order valence-electron chi connectivity index (χ1n) is 11.9. The van der Waals surface area contributed by atoms with Gasteiger partial charge >= 0.3 is 0 Å². The third-order valence-electron chi connectivity index (χ3n) is 6.24. The molecule has 0 unspecified atom stereocenters. The molecule has 6 nitrogen and oxygen atoms in total. The van der Waals surface area contributed by atoms with Crippen LogP contribution < -0.4 is 24.8 Å². The molecule has 0 heterocycles. The van der Waals surface area contributed by atoms with E-state index in [9.17, 15) is 9.36 Å². The minimum absolute atomic E-state index is 0.00662. The molecule has 0 aliphatic rings. The first kappa shape index (κ1) is 27.5. The Hall–Kier alpha value is -3.54. The van der Waals surface area contributed by atoms with Gasteiger partial charge in [-0.3, -0.25) is 4.79 Å². The lowest BCUT2D eigenvalue weighted by Crippen LogP contribution is -2.35. The first-order valence-corrected chi connectivity index (χ1v) is 14.6. The van der Waals surface area contributed by atoms with Crippen molar-refractivity contribution in [2.45, 2.75) is 6.54 Å². The molecule has 0 aliphatic heterocycles. The molecule has 0 atom stereocenters. The summed E-state index contributed by atoms with van der Waals surface area (Å²) in [6, 6.07) is 29.5. The van der Waals surface area contributed by atoms with Crippen molar-refractivity contribution in [3.05, 3.63) is 113 Å². The molecule has 4 rings (SSSR count). The Morgan fingerprint density at radius 3 is 1.79 bits per heavy atom. The van der Waals surface area contributed by atoms with Gasteiger partial charge in [0.15, 0.2) is 18.6 Å². The van der Waals surface area contributed by atoms with Crippen LogP contribution in [0.15, 0.2) is 102 Å². The highest BCUT2D eigenvalue weighted by molar-refractivity contribution is 9.10. The number of carbonyl (C=O) groups excluding carboxylic acids is 1. The van der Waals surface area contributed by atoms with Crippen LogP contribution in [0.1, 0.15) is 15.9 Å². The van der Waals surface area contributed by atoms with Crippen molar-refractivity contribution in [2.75, 3.05) is 27.6 Å². The lowest BCUT2D eigenvalue weighted by molar-refractivity contribution is 0.0771. The molecule has 38 heavy (non-hydrogen) atoms. The minimum atomic E-state index is -3.25. The summed E-state index contributed by atoms with van der Waals surface area (Å²) in [4.78, 5) is 15.8. The molecule has 4 aromatic rings. The van der Waals surface area contributed by atoms with E-state index in [2.05, 4.69) is 15.9 Å². The Kier molecular flexibility index (Phi) is 8.93. The quantitative estimate of drug-likeness (QED) is 0.208. The number of methoxy groups -OCH3 is 3. The van der Waals surface area contributed by atoms with Crippen LogP contribution in [0.5, 0.6) is 17.2 Å². The summed E-state index contributed by atoms with van der Waals surface area (Å²) >= 11 is 3.53. The van der Waals surface area contributed by atoms with Crippen molar-refractivity contribution in [2.24, 2.45) is 0 Å². The highest BCUT2D eigenvalue weighted by atomic mass is 79.9. The van der Waals surface area contributed by atoms with E-state index >= 15 is 0 Å². The molecule has 0 radical (unpaired) electrons. The second-order valence-corrected chi connectivity index (χ2v) is 12.2. The Morgan fingerprint density at radius 1 is 0.763 bits per heavy atom. The van der Waals surface area contributed by atoms with E-state index in [0.717, 1.165) is 5.56 Å². The van der Waals surface area contributed by atoms with Gasteiger partial charge in [-0.05, 0) is 45.8 Å². The fraction of sp³-hybridized carbons (Fsp3) is 0.167. The number of ether oxygens (including phenoxy) is 3. The van der Waals surface area contributed by atoms with Crippen molar-refractivity contribution in [3.63, 3.8) is 0 Å². The lowest BCUT2D eigenvalue weighted by Gasteiger charge is -2.29. The SMILES string of the molecule is COc1ccc(CN(CP(=O)(c2ccccc2)c2ccccc2)C(=O)c2cc(OC)c(OC)cc2Br)cc1. The van der Waals surface area contributed by atoms with E-state index in [1.54, 1.807) is 24.1 Å².